The molecule has 3 aromatic rings. The van der Waals surface area contributed by atoms with Crippen molar-refractivity contribution in [2.45, 2.75) is 20.0 Å². The summed E-state index contributed by atoms with van der Waals surface area (Å²) in [5.41, 5.74) is 5.02. The molecule has 0 atom stereocenters. The van der Waals surface area contributed by atoms with E-state index in [0.29, 0.717) is 5.75 Å². The highest BCUT2D eigenvalue weighted by Crippen LogP contribution is 2.31. The normalized spacial score (nSPS) is 10.6. The Morgan fingerprint density at radius 2 is 1.65 bits per heavy atom. The minimum atomic E-state index is -0.851. The third-order valence-electron chi connectivity index (χ3n) is 5.20. The van der Waals surface area contributed by atoms with Gasteiger partial charge in [-0.05, 0) is 24.6 Å². The van der Waals surface area contributed by atoms with Gasteiger partial charge in [0.25, 0.3) is 5.56 Å². The van der Waals surface area contributed by atoms with Crippen LogP contribution in [0.15, 0.2) is 58.1 Å². The van der Waals surface area contributed by atoms with Crippen LogP contribution in [0.2, 0.25) is 0 Å². The van der Waals surface area contributed by atoms with E-state index in [1.54, 1.807) is 43.3 Å². The highest BCUT2D eigenvalue weighted by Gasteiger charge is 2.25. The molecule has 0 aliphatic heterocycles. The lowest BCUT2D eigenvalue weighted by atomic mass is 10.1. The van der Waals surface area contributed by atoms with Crippen LogP contribution in [0.3, 0.4) is 0 Å². The van der Waals surface area contributed by atoms with Crippen molar-refractivity contribution < 1.29 is 23.8 Å². The molecule has 2 aromatic carbocycles. The summed E-state index contributed by atoms with van der Waals surface area (Å²) in [6, 6.07) is 13.6. The molecule has 0 aliphatic carbocycles. The predicted molar refractivity (Wildman–Crippen MR) is 125 cm³/mol. The molecule has 0 bridgehead atoms. The molecule has 178 valence electrons. The Hall–Kier alpha value is -4.34. The van der Waals surface area contributed by atoms with Crippen LogP contribution >= 0.6 is 0 Å². The van der Waals surface area contributed by atoms with Gasteiger partial charge in [-0.15, -0.1) is 0 Å². The highest BCUT2D eigenvalue weighted by atomic mass is 16.5. The minimum absolute atomic E-state index is 0.0355. The number of rotatable bonds is 9. The second-order valence-corrected chi connectivity index (χ2v) is 7.20. The SMILES string of the molecule is CCn1c(=O)c(C(=O)COC(=O)c2cccc(OC)c2OC)c(N)n(Cc2ccccc2)c1=O. The predicted octanol–water partition coefficient (Wildman–Crippen LogP) is 1.72. The first-order valence-corrected chi connectivity index (χ1v) is 10.4. The fraction of sp³-hybridized carbons (Fsp3) is 0.250. The second kappa shape index (κ2) is 10.5. The van der Waals surface area contributed by atoms with Gasteiger partial charge < -0.3 is 19.9 Å². The Bertz CT molecular complexity index is 1330. The molecular formula is C24H25N3O7. The summed E-state index contributed by atoms with van der Waals surface area (Å²) in [6.45, 7) is 0.946. The Kier molecular flexibility index (Phi) is 7.52. The minimum Gasteiger partial charge on any atom is -0.493 e. The molecule has 1 aromatic heterocycles. The number of carbonyl (C=O) groups excluding carboxylic acids is 2. The molecule has 3 rings (SSSR count). The number of hydrogen-bond donors (Lipinski definition) is 1. The Morgan fingerprint density at radius 1 is 0.941 bits per heavy atom. The van der Waals surface area contributed by atoms with Gasteiger partial charge in [0.05, 0.1) is 20.8 Å². The average Bonchev–Trinajstić information content (AvgIpc) is 2.85. The molecule has 0 aliphatic rings. The van der Waals surface area contributed by atoms with Crippen molar-refractivity contribution >= 4 is 17.6 Å². The van der Waals surface area contributed by atoms with Crippen LogP contribution in [0.5, 0.6) is 11.5 Å². The van der Waals surface area contributed by atoms with Crippen molar-refractivity contribution in [3.8, 4) is 11.5 Å². The quantitative estimate of drug-likeness (QED) is 0.372. The van der Waals surface area contributed by atoms with Gasteiger partial charge in [0.1, 0.15) is 16.9 Å². The lowest BCUT2D eigenvalue weighted by Crippen LogP contribution is -2.44. The largest absolute Gasteiger partial charge is 0.493 e. The number of Topliss-reactive ketones (excluding diaryl/α,β-unsaturated/α-hetero) is 1. The van der Waals surface area contributed by atoms with Gasteiger partial charge in [0.15, 0.2) is 18.1 Å². The molecule has 2 N–H and O–H groups in total. The lowest BCUT2D eigenvalue weighted by molar-refractivity contribution is 0.0470. The van der Waals surface area contributed by atoms with E-state index in [9.17, 15) is 19.2 Å². The van der Waals surface area contributed by atoms with E-state index in [4.69, 9.17) is 19.9 Å². The van der Waals surface area contributed by atoms with E-state index in [1.807, 2.05) is 6.07 Å². The third kappa shape index (κ3) is 4.70. The van der Waals surface area contributed by atoms with Crippen molar-refractivity contribution in [2.24, 2.45) is 0 Å². The van der Waals surface area contributed by atoms with Gasteiger partial charge >= 0.3 is 11.7 Å². The number of aromatic nitrogens is 2. The van der Waals surface area contributed by atoms with Crippen LogP contribution in [-0.2, 0) is 17.8 Å². The lowest BCUT2D eigenvalue weighted by Gasteiger charge is -2.16. The zero-order valence-electron chi connectivity index (χ0n) is 19.1. The standard InChI is InChI=1S/C24H25N3O7/c1-4-26-22(29)19(21(25)27(24(26)31)13-15-9-6-5-7-10-15)17(28)14-34-23(30)16-11-8-12-18(32-2)20(16)33-3/h5-12H,4,13-14,25H2,1-3H3. The first kappa shape index (κ1) is 24.3. The number of carbonyl (C=O) groups is 2. The van der Waals surface area contributed by atoms with Crippen molar-refractivity contribution in [1.29, 1.82) is 0 Å². The summed E-state index contributed by atoms with van der Waals surface area (Å²) in [7, 11) is 2.78. The molecular weight excluding hydrogens is 442 g/mol. The first-order chi connectivity index (χ1) is 16.3. The van der Waals surface area contributed by atoms with E-state index in [0.717, 1.165) is 14.7 Å². The van der Waals surface area contributed by atoms with Crippen LogP contribution < -0.4 is 26.5 Å². The van der Waals surface area contributed by atoms with E-state index in [-0.39, 0.29) is 30.2 Å². The maximum absolute atomic E-state index is 12.9. The number of nitrogen functional groups attached to an aromatic ring is 1. The first-order valence-electron chi connectivity index (χ1n) is 10.4. The number of ether oxygens (including phenoxy) is 3. The summed E-state index contributed by atoms with van der Waals surface area (Å²) in [6.07, 6.45) is 0. The number of para-hydroxylation sites is 1. The molecule has 0 unspecified atom stereocenters. The molecule has 10 heteroatoms. The van der Waals surface area contributed by atoms with E-state index in [1.165, 1.54) is 20.3 Å². The molecule has 1 heterocycles. The highest BCUT2D eigenvalue weighted by molar-refractivity contribution is 6.02. The number of benzene rings is 2. The Balaban J connectivity index is 1.93. The second-order valence-electron chi connectivity index (χ2n) is 7.20. The molecule has 34 heavy (non-hydrogen) atoms. The van der Waals surface area contributed by atoms with E-state index < -0.39 is 35.2 Å². The molecule has 10 nitrogen and oxygen atoms in total. The third-order valence-corrected chi connectivity index (χ3v) is 5.20. The van der Waals surface area contributed by atoms with Crippen molar-refractivity contribution in [1.82, 2.24) is 9.13 Å². The number of hydrogen-bond acceptors (Lipinski definition) is 8. The summed E-state index contributed by atoms with van der Waals surface area (Å²) in [5, 5.41) is 0. The Labute approximate surface area is 195 Å². The molecule has 0 radical (unpaired) electrons. The zero-order valence-corrected chi connectivity index (χ0v) is 19.1. The summed E-state index contributed by atoms with van der Waals surface area (Å²) >= 11 is 0. The molecule has 0 saturated carbocycles. The van der Waals surface area contributed by atoms with Gasteiger partial charge in [0.2, 0.25) is 5.78 Å². The van der Waals surface area contributed by atoms with Crippen molar-refractivity contribution in [2.75, 3.05) is 26.6 Å². The number of ketones is 1. The fourth-order valence-corrected chi connectivity index (χ4v) is 3.50. The van der Waals surface area contributed by atoms with Crippen LogP contribution in [0, 0.1) is 0 Å². The van der Waals surface area contributed by atoms with Gasteiger partial charge in [-0.2, -0.15) is 0 Å². The molecule has 0 amide bonds. The number of nitrogens with two attached hydrogens (primary N) is 1. The van der Waals surface area contributed by atoms with Crippen LogP contribution in [0.1, 0.15) is 33.2 Å². The van der Waals surface area contributed by atoms with Gasteiger partial charge in [-0.1, -0.05) is 36.4 Å². The van der Waals surface area contributed by atoms with Crippen LogP contribution in [0.4, 0.5) is 5.82 Å². The average molecular weight is 467 g/mol. The molecule has 0 saturated heterocycles. The van der Waals surface area contributed by atoms with Gasteiger partial charge in [-0.3, -0.25) is 18.7 Å². The van der Waals surface area contributed by atoms with E-state index >= 15 is 0 Å². The van der Waals surface area contributed by atoms with Gasteiger partial charge in [0, 0.05) is 6.54 Å². The topological polar surface area (TPSA) is 132 Å². The number of anilines is 1. The van der Waals surface area contributed by atoms with Crippen LogP contribution in [-0.4, -0.2) is 41.7 Å². The van der Waals surface area contributed by atoms with Gasteiger partial charge in [-0.25, -0.2) is 9.59 Å². The molecule has 0 spiro atoms. The monoisotopic (exact) mass is 467 g/mol. The van der Waals surface area contributed by atoms with Crippen LogP contribution in [0.25, 0.3) is 0 Å². The summed E-state index contributed by atoms with van der Waals surface area (Å²) in [5.74, 6) is -1.51. The summed E-state index contributed by atoms with van der Waals surface area (Å²) < 4.78 is 17.6. The molecule has 0 fully saturated rings. The fourth-order valence-electron chi connectivity index (χ4n) is 3.50. The number of nitrogens with zero attached hydrogens (tertiary/aromatic N) is 2. The smallest absolute Gasteiger partial charge is 0.342 e. The Morgan fingerprint density at radius 3 is 2.26 bits per heavy atom. The van der Waals surface area contributed by atoms with Crippen molar-refractivity contribution in [3.05, 3.63) is 86.1 Å². The summed E-state index contributed by atoms with van der Waals surface area (Å²) in [4.78, 5) is 51.2. The van der Waals surface area contributed by atoms with Crippen molar-refractivity contribution in [3.63, 3.8) is 0 Å². The maximum atomic E-state index is 12.9. The van der Waals surface area contributed by atoms with E-state index in [2.05, 4.69) is 0 Å². The zero-order chi connectivity index (χ0) is 24.8. The maximum Gasteiger partial charge on any atom is 0.342 e. The number of esters is 1. The number of methoxy groups -OCH3 is 2.